The van der Waals surface area contributed by atoms with Crippen molar-refractivity contribution in [1.29, 1.82) is 0 Å². The van der Waals surface area contributed by atoms with E-state index >= 15 is 0 Å². The van der Waals surface area contributed by atoms with Crippen molar-refractivity contribution in [3.05, 3.63) is 64.9 Å². The molecule has 0 aliphatic rings. The third-order valence-electron chi connectivity index (χ3n) is 2.33. The summed E-state index contributed by atoms with van der Waals surface area (Å²) in [4.78, 5) is 7.19. The molecule has 0 unspecified atom stereocenters. The molecule has 1 aromatic carbocycles. The number of nitrogens with zero attached hydrogens (tertiary/aromatic N) is 2. The quantitative estimate of drug-likeness (QED) is 0.801. The standard InChI is InChI=1S/C13H10FN3/c1-16-12-6-10(5-11(14)7-12)4-9-2-3-13(15)17-8-9/h2-3,5-8H,4H2,(H2,15,17). The van der Waals surface area contributed by atoms with Crippen molar-refractivity contribution in [2.45, 2.75) is 6.42 Å². The Kier molecular flexibility index (Phi) is 3.01. The van der Waals surface area contributed by atoms with Crippen LogP contribution in [-0.2, 0) is 6.42 Å². The molecule has 0 bridgehead atoms. The van der Waals surface area contributed by atoms with Crippen LogP contribution in [0, 0.1) is 12.4 Å². The highest BCUT2D eigenvalue weighted by Gasteiger charge is 2.02. The predicted molar refractivity (Wildman–Crippen MR) is 64.1 cm³/mol. The zero-order chi connectivity index (χ0) is 12.3. The minimum atomic E-state index is -0.392. The maximum absolute atomic E-state index is 13.2. The fraction of sp³-hybridized carbons (Fsp3) is 0.0769. The normalized spacial score (nSPS) is 9.88. The van der Waals surface area contributed by atoms with Gasteiger partial charge in [-0.2, -0.15) is 0 Å². The zero-order valence-corrected chi connectivity index (χ0v) is 9.02. The molecule has 0 amide bonds. The van der Waals surface area contributed by atoms with Crippen molar-refractivity contribution in [3.8, 4) is 0 Å². The number of pyridine rings is 1. The van der Waals surface area contributed by atoms with Crippen LogP contribution in [0.1, 0.15) is 11.1 Å². The van der Waals surface area contributed by atoms with Crippen LogP contribution in [0.4, 0.5) is 15.9 Å². The molecule has 0 aliphatic heterocycles. The molecule has 2 rings (SSSR count). The van der Waals surface area contributed by atoms with E-state index in [1.54, 1.807) is 18.3 Å². The first kappa shape index (κ1) is 11.1. The summed E-state index contributed by atoms with van der Waals surface area (Å²) in [5, 5.41) is 0. The van der Waals surface area contributed by atoms with E-state index in [0.29, 0.717) is 17.9 Å². The van der Waals surface area contributed by atoms with Gasteiger partial charge in [-0.15, -0.1) is 0 Å². The van der Waals surface area contributed by atoms with Crippen LogP contribution >= 0.6 is 0 Å². The van der Waals surface area contributed by atoms with Gasteiger partial charge in [-0.05, 0) is 30.2 Å². The topological polar surface area (TPSA) is 43.3 Å². The second-order valence-corrected chi connectivity index (χ2v) is 3.70. The summed E-state index contributed by atoms with van der Waals surface area (Å²) in [5.74, 6) is 0.0618. The fourth-order valence-corrected chi connectivity index (χ4v) is 1.58. The molecule has 17 heavy (non-hydrogen) atoms. The predicted octanol–water partition coefficient (Wildman–Crippen LogP) is 2.94. The molecule has 0 atom stereocenters. The van der Waals surface area contributed by atoms with E-state index in [4.69, 9.17) is 12.3 Å². The Morgan fingerprint density at radius 3 is 2.71 bits per heavy atom. The maximum Gasteiger partial charge on any atom is 0.190 e. The third kappa shape index (κ3) is 2.79. The number of rotatable bonds is 2. The molecule has 0 aliphatic carbocycles. The molecule has 0 spiro atoms. The Balaban J connectivity index is 2.27. The first-order valence-corrected chi connectivity index (χ1v) is 5.05. The second kappa shape index (κ2) is 4.62. The van der Waals surface area contributed by atoms with Crippen LogP contribution in [0.5, 0.6) is 0 Å². The lowest BCUT2D eigenvalue weighted by molar-refractivity contribution is 0.627. The number of hydrogen-bond acceptors (Lipinski definition) is 2. The van der Waals surface area contributed by atoms with Crippen molar-refractivity contribution in [2.75, 3.05) is 5.73 Å². The molecule has 2 N–H and O–H groups in total. The van der Waals surface area contributed by atoms with Crippen LogP contribution < -0.4 is 5.73 Å². The molecule has 0 saturated heterocycles. The molecule has 2 aromatic rings. The minimum Gasteiger partial charge on any atom is -0.384 e. The number of hydrogen-bond donors (Lipinski definition) is 1. The summed E-state index contributed by atoms with van der Waals surface area (Å²) >= 11 is 0. The lowest BCUT2D eigenvalue weighted by Crippen LogP contribution is -1.93. The van der Waals surface area contributed by atoms with Crippen LogP contribution in [0.3, 0.4) is 0 Å². The summed E-state index contributed by atoms with van der Waals surface area (Å²) in [6.07, 6.45) is 2.19. The molecule has 3 nitrogen and oxygen atoms in total. The van der Waals surface area contributed by atoms with Crippen molar-refractivity contribution in [3.63, 3.8) is 0 Å². The van der Waals surface area contributed by atoms with Crippen LogP contribution in [0.15, 0.2) is 36.5 Å². The highest BCUT2D eigenvalue weighted by molar-refractivity contribution is 5.48. The van der Waals surface area contributed by atoms with Gasteiger partial charge >= 0.3 is 0 Å². The summed E-state index contributed by atoms with van der Waals surface area (Å²) in [6, 6.07) is 7.85. The van der Waals surface area contributed by atoms with Gasteiger partial charge in [0.2, 0.25) is 0 Å². The average molecular weight is 227 g/mol. The number of anilines is 1. The van der Waals surface area contributed by atoms with Crippen LogP contribution in [-0.4, -0.2) is 4.98 Å². The van der Waals surface area contributed by atoms with E-state index in [-0.39, 0.29) is 0 Å². The summed E-state index contributed by atoms with van der Waals surface area (Å²) in [7, 11) is 0. The lowest BCUT2D eigenvalue weighted by Gasteiger charge is -2.03. The molecule has 0 saturated carbocycles. The van der Waals surface area contributed by atoms with Crippen LogP contribution in [0.25, 0.3) is 4.85 Å². The first-order valence-electron chi connectivity index (χ1n) is 5.05. The van der Waals surface area contributed by atoms with Gasteiger partial charge in [0.25, 0.3) is 0 Å². The molecule has 1 heterocycles. The van der Waals surface area contributed by atoms with Gasteiger partial charge in [-0.25, -0.2) is 14.2 Å². The molecule has 1 aromatic heterocycles. The van der Waals surface area contributed by atoms with Gasteiger partial charge in [-0.3, -0.25) is 0 Å². The maximum atomic E-state index is 13.2. The monoisotopic (exact) mass is 227 g/mol. The molecule has 84 valence electrons. The van der Waals surface area contributed by atoms with Gasteiger partial charge in [0.05, 0.1) is 6.57 Å². The molecule has 0 radical (unpaired) electrons. The van der Waals surface area contributed by atoms with Gasteiger partial charge < -0.3 is 5.73 Å². The van der Waals surface area contributed by atoms with E-state index in [1.807, 2.05) is 6.07 Å². The van der Waals surface area contributed by atoms with Crippen molar-refractivity contribution < 1.29 is 4.39 Å². The van der Waals surface area contributed by atoms with Gasteiger partial charge in [-0.1, -0.05) is 17.7 Å². The smallest absolute Gasteiger partial charge is 0.190 e. The second-order valence-electron chi connectivity index (χ2n) is 3.70. The average Bonchev–Trinajstić information content (AvgIpc) is 2.31. The first-order chi connectivity index (χ1) is 8.17. The van der Waals surface area contributed by atoms with Crippen molar-refractivity contribution >= 4 is 11.5 Å². The number of nitrogens with two attached hydrogens (primary N) is 1. The summed E-state index contributed by atoms with van der Waals surface area (Å²) in [5.41, 5.74) is 7.47. The highest BCUT2D eigenvalue weighted by Crippen LogP contribution is 2.19. The van der Waals surface area contributed by atoms with Crippen LogP contribution in [0.2, 0.25) is 0 Å². The molecule has 4 heteroatoms. The Hall–Kier alpha value is -2.41. The number of benzene rings is 1. The van der Waals surface area contributed by atoms with E-state index in [9.17, 15) is 4.39 Å². The van der Waals surface area contributed by atoms with E-state index in [1.165, 1.54) is 12.1 Å². The Labute approximate surface area is 98.5 Å². The molecule has 0 fully saturated rings. The number of nitrogen functional groups attached to an aromatic ring is 1. The van der Waals surface area contributed by atoms with Crippen molar-refractivity contribution in [1.82, 2.24) is 4.98 Å². The number of halogens is 1. The fourth-order valence-electron chi connectivity index (χ4n) is 1.58. The minimum absolute atomic E-state index is 0.309. The number of aromatic nitrogens is 1. The highest BCUT2D eigenvalue weighted by atomic mass is 19.1. The Morgan fingerprint density at radius 1 is 1.24 bits per heavy atom. The summed E-state index contributed by atoms with van der Waals surface area (Å²) in [6.45, 7) is 6.87. The largest absolute Gasteiger partial charge is 0.384 e. The lowest BCUT2D eigenvalue weighted by atomic mass is 10.1. The Morgan fingerprint density at radius 2 is 2.06 bits per heavy atom. The molecular weight excluding hydrogens is 217 g/mol. The zero-order valence-electron chi connectivity index (χ0n) is 9.02. The van der Waals surface area contributed by atoms with E-state index in [2.05, 4.69) is 9.83 Å². The van der Waals surface area contributed by atoms with E-state index < -0.39 is 5.82 Å². The third-order valence-corrected chi connectivity index (χ3v) is 2.33. The van der Waals surface area contributed by atoms with Crippen molar-refractivity contribution in [2.24, 2.45) is 0 Å². The van der Waals surface area contributed by atoms with Gasteiger partial charge in [0, 0.05) is 6.20 Å². The van der Waals surface area contributed by atoms with Gasteiger partial charge in [0.1, 0.15) is 11.6 Å². The van der Waals surface area contributed by atoms with E-state index in [0.717, 1.165) is 11.1 Å². The van der Waals surface area contributed by atoms with Gasteiger partial charge in [0.15, 0.2) is 5.69 Å². The SMILES string of the molecule is [C-]#[N+]c1cc(F)cc(Cc2ccc(N)nc2)c1. The molecular formula is C13H10FN3. The summed E-state index contributed by atoms with van der Waals surface area (Å²) < 4.78 is 13.2. The Bertz CT molecular complexity index is 570.